The Morgan fingerprint density at radius 1 is 0.970 bits per heavy atom. The average molecular weight is 462 g/mol. The summed E-state index contributed by atoms with van der Waals surface area (Å²) in [5.74, 6) is -0.372. The highest BCUT2D eigenvalue weighted by molar-refractivity contribution is 5.89. The number of fused-ring (bicyclic) bond motifs is 1. The Labute approximate surface area is 192 Å². The summed E-state index contributed by atoms with van der Waals surface area (Å²) in [4.78, 5) is 35.1. The van der Waals surface area contributed by atoms with Crippen LogP contribution in [-0.2, 0) is 28.5 Å². The number of rotatable bonds is 11. The van der Waals surface area contributed by atoms with Crippen LogP contribution in [0.4, 0.5) is 4.79 Å². The third kappa shape index (κ3) is 7.30. The molecule has 0 aromatic heterocycles. The minimum Gasteiger partial charge on any atom is -0.463 e. The van der Waals surface area contributed by atoms with E-state index in [1.807, 2.05) is 6.92 Å². The normalized spacial score (nSPS) is 23.4. The first-order valence-electron chi connectivity index (χ1n) is 11.2. The van der Waals surface area contributed by atoms with E-state index in [4.69, 9.17) is 28.4 Å². The van der Waals surface area contributed by atoms with Crippen molar-refractivity contribution in [1.82, 2.24) is 0 Å². The van der Waals surface area contributed by atoms with E-state index >= 15 is 0 Å². The summed E-state index contributed by atoms with van der Waals surface area (Å²) in [6, 6.07) is 6.06. The van der Waals surface area contributed by atoms with Crippen molar-refractivity contribution in [3.8, 4) is 5.75 Å². The molecule has 2 saturated heterocycles. The third-order valence-corrected chi connectivity index (χ3v) is 5.47. The molecule has 1 aromatic rings. The quantitative estimate of drug-likeness (QED) is 0.161. The van der Waals surface area contributed by atoms with Crippen molar-refractivity contribution in [1.29, 1.82) is 0 Å². The first-order chi connectivity index (χ1) is 16.0. The second-order valence-corrected chi connectivity index (χ2v) is 8.03. The van der Waals surface area contributed by atoms with E-state index in [9.17, 15) is 14.4 Å². The third-order valence-electron chi connectivity index (χ3n) is 5.47. The van der Waals surface area contributed by atoms with Gasteiger partial charge in [0.15, 0.2) is 6.10 Å². The zero-order chi connectivity index (χ0) is 23.6. The first kappa shape index (κ1) is 24.7. The van der Waals surface area contributed by atoms with E-state index in [0.717, 1.165) is 25.3 Å². The molecule has 0 radical (unpaired) electrons. The molecule has 9 heteroatoms. The SMILES string of the molecule is C=CC(=O)OCCCCCCOC(=O)Oc1ccc(C(=O)OC2COC3C2OC[C@@H]3C)cc1. The van der Waals surface area contributed by atoms with Gasteiger partial charge in [-0.3, -0.25) is 0 Å². The van der Waals surface area contributed by atoms with E-state index in [0.29, 0.717) is 31.8 Å². The van der Waals surface area contributed by atoms with Gasteiger partial charge in [0.1, 0.15) is 11.9 Å². The zero-order valence-corrected chi connectivity index (χ0v) is 18.7. The van der Waals surface area contributed by atoms with E-state index in [-0.39, 0.29) is 30.5 Å². The Balaban J connectivity index is 1.30. The van der Waals surface area contributed by atoms with Gasteiger partial charge >= 0.3 is 18.1 Å². The monoisotopic (exact) mass is 462 g/mol. The number of carbonyl (C=O) groups excluding carboxylic acids is 3. The van der Waals surface area contributed by atoms with Gasteiger partial charge in [0.25, 0.3) is 0 Å². The summed E-state index contributed by atoms with van der Waals surface area (Å²) >= 11 is 0. The lowest BCUT2D eigenvalue weighted by molar-refractivity contribution is -0.137. The van der Waals surface area contributed by atoms with Gasteiger partial charge in [-0.25, -0.2) is 14.4 Å². The maximum absolute atomic E-state index is 12.4. The van der Waals surface area contributed by atoms with E-state index in [1.165, 1.54) is 24.3 Å². The fraction of sp³-hybridized carbons (Fsp3) is 0.542. The lowest BCUT2D eigenvalue weighted by Gasteiger charge is -2.16. The molecule has 2 aliphatic rings. The van der Waals surface area contributed by atoms with Gasteiger partial charge in [-0.05, 0) is 49.9 Å². The molecule has 0 N–H and O–H groups in total. The Kier molecular flexibility index (Phi) is 9.26. The van der Waals surface area contributed by atoms with Gasteiger partial charge < -0.3 is 28.4 Å². The van der Waals surface area contributed by atoms with Gasteiger partial charge in [0.2, 0.25) is 0 Å². The Hall–Kier alpha value is -2.91. The second kappa shape index (κ2) is 12.4. The van der Waals surface area contributed by atoms with Crippen LogP contribution in [0.15, 0.2) is 36.9 Å². The van der Waals surface area contributed by atoms with Crippen LogP contribution < -0.4 is 4.74 Å². The fourth-order valence-corrected chi connectivity index (χ4v) is 3.69. The predicted molar refractivity (Wildman–Crippen MR) is 116 cm³/mol. The molecule has 9 nitrogen and oxygen atoms in total. The molecule has 0 bridgehead atoms. The molecule has 1 aromatic carbocycles. The highest BCUT2D eigenvalue weighted by atomic mass is 16.7. The molecule has 0 spiro atoms. The molecular weight excluding hydrogens is 432 g/mol. The molecule has 0 saturated carbocycles. The number of ether oxygens (including phenoxy) is 6. The topological polar surface area (TPSA) is 107 Å². The zero-order valence-electron chi connectivity index (χ0n) is 18.7. The molecule has 4 atom stereocenters. The summed E-state index contributed by atoms with van der Waals surface area (Å²) < 4.78 is 32.0. The molecule has 2 aliphatic heterocycles. The first-order valence-corrected chi connectivity index (χ1v) is 11.2. The van der Waals surface area contributed by atoms with Crippen LogP contribution in [-0.4, -0.2) is 62.8 Å². The maximum Gasteiger partial charge on any atom is 0.513 e. The van der Waals surface area contributed by atoms with Crippen LogP contribution in [0.3, 0.4) is 0 Å². The van der Waals surface area contributed by atoms with Crippen molar-refractivity contribution in [2.75, 3.05) is 26.4 Å². The maximum atomic E-state index is 12.4. The van der Waals surface area contributed by atoms with Crippen molar-refractivity contribution in [2.24, 2.45) is 5.92 Å². The van der Waals surface area contributed by atoms with Crippen LogP contribution in [0.1, 0.15) is 43.0 Å². The summed E-state index contributed by atoms with van der Waals surface area (Å²) in [5.41, 5.74) is 0.337. The summed E-state index contributed by atoms with van der Waals surface area (Å²) in [6.07, 6.45) is 2.71. The molecule has 3 unspecified atom stereocenters. The van der Waals surface area contributed by atoms with E-state index < -0.39 is 24.2 Å². The van der Waals surface area contributed by atoms with Crippen molar-refractivity contribution in [2.45, 2.75) is 50.9 Å². The largest absolute Gasteiger partial charge is 0.513 e. The standard InChI is InChI=1S/C24H30O9/c1-3-20(25)28-12-6-4-5-7-13-29-24(27)32-18-10-8-17(9-11-18)23(26)33-19-15-31-21-16(2)14-30-22(19)21/h3,8-11,16,19,21-22H,1,4-7,12-15H2,2H3/t16-,19?,21?,22?/m0/s1. The van der Waals surface area contributed by atoms with Crippen molar-refractivity contribution in [3.05, 3.63) is 42.5 Å². The van der Waals surface area contributed by atoms with Gasteiger partial charge in [-0.1, -0.05) is 13.5 Å². The number of esters is 2. The van der Waals surface area contributed by atoms with Gasteiger partial charge in [0, 0.05) is 12.0 Å². The second-order valence-electron chi connectivity index (χ2n) is 8.03. The number of hydrogen-bond donors (Lipinski definition) is 0. The number of benzene rings is 1. The molecule has 0 aliphatic carbocycles. The fourth-order valence-electron chi connectivity index (χ4n) is 3.69. The van der Waals surface area contributed by atoms with Crippen LogP contribution in [0.2, 0.25) is 0 Å². The van der Waals surface area contributed by atoms with Crippen LogP contribution >= 0.6 is 0 Å². The molecule has 33 heavy (non-hydrogen) atoms. The van der Waals surface area contributed by atoms with Gasteiger partial charge in [-0.15, -0.1) is 0 Å². The van der Waals surface area contributed by atoms with Gasteiger partial charge in [-0.2, -0.15) is 0 Å². The minimum atomic E-state index is -0.813. The number of hydrogen-bond acceptors (Lipinski definition) is 9. The Morgan fingerprint density at radius 3 is 2.33 bits per heavy atom. The lowest BCUT2D eigenvalue weighted by atomic mass is 10.0. The highest BCUT2D eigenvalue weighted by Gasteiger charge is 2.47. The molecule has 180 valence electrons. The molecule has 2 fully saturated rings. The smallest absolute Gasteiger partial charge is 0.463 e. The summed E-state index contributed by atoms with van der Waals surface area (Å²) in [7, 11) is 0. The van der Waals surface area contributed by atoms with Gasteiger partial charge in [0.05, 0.1) is 38.1 Å². The number of carbonyl (C=O) groups is 3. The molecule has 2 heterocycles. The lowest BCUT2D eigenvalue weighted by Crippen LogP contribution is -2.32. The van der Waals surface area contributed by atoms with Crippen LogP contribution in [0, 0.1) is 5.92 Å². The predicted octanol–water partition coefficient (Wildman–Crippen LogP) is 3.45. The average Bonchev–Trinajstić information content (AvgIpc) is 3.38. The number of unbranched alkanes of at least 4 members (excludes halogenated alkanes) is 3. The minimum absolute atomic E-state index is 0.0355. The van der Waals surface area contributed by atoms with Crippen molar-refractivity contribution >= 4 is 18.1 Å². The van der Waals surface area contributed by atoms with Crippen molar-refractivity contribution < 1.29 is 42.8 Å². The molecular formula is C24H30O9. The summed E-state index contributed by atoms with van der Waals surface area (Å²) in [6.45, 7) is 6.86. The summed E-state index contributed by atoms with van der Waals surface area (Å²) in [5, 5.41) is 0. The Bertz CT molecular complexity index is 820. The van der Waals surface area contributed by atoms with E-state index in [1.54, 1.807) is 0 Å². The van der Waals surface area contributed by atoms with Crippen molar-refractivity contribution in [3.63, 3.8) is 0 Å². The Morgan fingerprint density at radius 2 is 1.64 bits per heavy atom. The molecule has 0 amide bonds. The van der Waals surface area contributed by atoms with Crippen LogP contribution in [0.5, 0.6) is 5.75 Å². The van der Waals surface area contributed by atoms with Crippen LogP contribution in [0.25, 0.3) is 0 Å². The molecule has 3 rings (SSSR count). The van der Waals surface area contributed by atoms with E-state index in [2.05, 4.69) is 6.58 Å². The highest BCUT2D eigenvalue weighted by Crippen LogP contribution is 2.32.